The molecule has 1 aromatic heterocycles. The van der Waals surface area contributed by atoms with Crippen LogP contribution in [-0.4, -0.2) is 24.6 Å². The Kier molecular flexibility index (Phi) is 3.39. The van der Waals surface area contributed by atoms with Gasteiger partial charge in [0.05, 0.1) is 11.9 Å². The third kappa shape index (κ3) is 3.65. The van der Waals surface area contributed by atoms with Crippen LogP contribution in [0.3, 0.4) is 0 Å². The molecule has 0 saturated carbocycles. The fraction of sp³-hybridized carbons (Fsp3) is 0.167. The summed E-state index contributed by atoms with van der Waals surface area (Å²) in [6.45, 7) is 1.95. The van der Waals surface area contributed by atoms with E-state index in [2.05, 4.69) is 14.7 Å². The topological polar surface area (TPSA) is 91.9 Å². The predicted molar refractivity (Wildman–Crippen MR) is 73.5 cm³/mol. The number of hydrogen-bond donors (Lipinski definition) is 2. The Morgan fingerprint density at radius 2 is 1.84 bits per heavy atom. The van der Waals surface area contributed by atoms with Crippen molar-refractivity contribution >= 4 is 16.0 Å². The number of nitrogens with one attached hydrogen (secondary N) is 2. The number of H-pyrrole nitrogens is 1. The SMILES string of the molecule is Cc1ccc(-c2cc(=O)[nH]c(NS(C)(=O)=O)n2)cc1. The van der Waals surface area contributed by atoms with Crippen molar-refractivity contribution in [1.82, 2.24) is 9.97 Å². The monoisotopic (exact) mass is 279 g/mol. The first-order valence-corrected chi connectivity index (χ1v) is 7.39. The lowest BCUT2D eigenvalue weighted by Crippen LogP contribution is -2.17. The molecule has 0 spiro atoms. The first-order chi connectivity index (χ1) is 8.83. The van der Waals surface area contributed by atoms with E-state index in [1.165, 1.54) is 6.07 Å². The average Bonchev–Trinajstić information content (AvgIpc) is 2.26. The summed E-state index contributed by atoms with van der Waals surface area (Å²) < 4.78 is 24.4. The van der Waals surface area contributed by atoms with Crippen LogP contribution in [0.4, 0.5) is 5.95 Å². The number of aromatic nitrogens is 2. The molecule has 1 heterocycles. The predicted octanol–water partition coefficient (Wildman–Crippen LogP) is 1.12. The summed E-state index contributed by atoms with van der Waals surface area (Å²) in [5.41, 5.74) is 1.82. The van der Waals surface area contributed by atoms with Gasteiger partial charge in [-0.25, -0.2) is 13.4 Å². The van der Waals surface area contributed by atoms with Gasteiger partial charge in [0.1, 0.15) is 0 Å². The number of aryl methyl sites for hydroxylation is 1. The molecule has 2 rings (SSSR count). The van der Waals surface area contributed by atoms with E-state index in [4.69, 9.17) is 0 Å². The van der Waals surface area contributed by atoms with E-state index in [0.717, 1.165) is 17.4 Å². The van der Waals surface area contributed by atoms with Crippen molar-refractivity contribution in [1.29, 1.82) is 0 Å². The van der Waals surface area contributed by atoms with Crippen LogP contribution in [0.2, 0.25) is 0 Å². The number of aromatic amines is 1. The molecule has 0 saturated heterocycles. The molecule has 0 aliphatic rings. The van der Waals surface area contributed by atoms with E-state index in [1.54, 1.807) is 0 Å². The highest BCUT2D eigenvalue weighted by atomic mass is 32.2. The minimum absolute atomic E-state index is 0.0921. The van der Waals surface area contributed by atoms with Crippen LogP contribution in [0.25, 0.3) is 11.3 Å². The van der Waals surface area contributed by atoms with Crippen molar-refractivity contribution in [3.8, 4) is 11.3 Å². The third-order valence-electron chi connectivity index (χ3n) is 2.37. The second-order valence-corrected chi connectivity index (χ2v) is 5.97. The van der Waals surface area contributed by atoms with E-state index >= 15 is 0 Å². The summed E-state index contributed by atoms with van der Waals surface area (Å²) in [6, 6.07) is 8.74. The van der Waals surface area contributed by atoms with Gasteiger partial charge in [-0.1, -0.05) is 29.8 Å². The van der Waals surface area contributed by atoms with Gasteiger partial charge in [-0.2, -0.15) is 0 Å². The van der Waals surface area contributed by atoms with Crippen molar-refractivity contribution in [3.63, 3.8) is 0 Å². The molecule has 7 heteroatoms. The highest BCUT2D eigenvalue weighted by molar-refractivity contribution is 7.91. The molecule has 6 nitrogen and oxygen atoms in total. The van der Waals surface area contributed by atoms with Crippen LogP contribution >= 0.6 is 0 Å². The molecule has 0 unspecified atom stereocenters. The maximum Gasteiger partial charge on any atom is 0.252 e. The van der Waals surface area contributed by atoms with Crippen molar-refractivity contribution < 1.29 is 8.42 Å². The number of rotatable bonds is 3. The second kappa shape index (κ2) is 4.85. The van der Waals surface area contributed by atoms with E-state index < -0.39 is 15.6 Å². The van der Waals surface area contributed by atoms with Crippen LogP contribution in [-0.2, 0) is 10.0 Å². The second-order valence-electron chi connectivity index (χ2n) is 4.22. The van der Waals surface area contributed by atoms with Gasteiger partial charge in [0.25, 0.3) is 5.56 Å². The van der Waals surface area contributed by atoms with E-state index in [0.29, 0.717) is 5.69 Å². The Bertz CT molecular complexity index is 749. The van der Waals surface area contributed by atoms with E-state index in [-0.39, 0.29) is 5.95 Å². The lowest BCUT2D eigenvalue weighted by molar-refractivity contribution is 0.606. The quantitative estimate of drug-likeness (QED) is 0.880. The van der Waals surface area contributed by atoms with Gasteiger partial charge in [0, 0.05) is 11.6 Å². The summed E-state index contributed by atoms with van der Waals surface area (Å²) in [7, 11) is -3.48. The fourth-order valence-corrected chi connectivity index (χ4v) is 2.00. The number of benzene rings is 1. The van der Waals surface area contributed by atoms with Gasteiger partial charge in [0.15, 0.2) is 0 Å². The molecule has 0 radical (unpaired) electrons. The number of hydrogen-bond acceptors (Lipinski definition) is 4. The zero-order valence-electron chi connectivity index (χ0n) is 10.5. The molecule has 0 fully saturated rings. The van der Waals surface area contributed by atoms with Crippen molar-refractivity contribution in [2.24, 2.45) is 0 Å². The van der Waals surface area contributed by atoms with Crippen molar-refractivity contribution in [3.05, 3.63) is 46.2 Å². The lowest BCUT2D eigenvalue weighted by Gasteiger charge is -2.05. The van der Waals surface area contributed by atoms with Gasteiger partial charge in [-0.3, -0.25) is 14.5 Å². The van der Waals surface area contributed by atoms with Gasteiger partial charge >= 0.3 is 0 Å². The minimum Gasteiger partial charge on any atom is -0.292 e. The van der Waals surface area contributed by atoms with Crippen LogP contribution in [0.1, 0.15) is 5.56 Å². The van der Waals surface area contributed by atoms with Crippen LogP contribution in [0.5, 0.6) is 0 Å². The summed E-state index contributed by atoms with van der Waals surface area (Å²) in [4.78, 5) is 17.9. The molecule has 100 valence electrons. The van der Waals surface area contributed by atoms with Gasteiger partial charge in [0.2, 0.25) is 16.0 Å². The van der Waals surface area contributed by atoms with Gasteiger partial charge in [-0.05, 0) is 6.92 Å². The Hall–Kier alpha value is -2.15. The zero-order valence-corrected chi connectivity index (χ0v) is 11.3. The largest absolute Gasteiger partial charge is 0.292 e. The fourth-order valence-electron chi connectivity index (χ4n) is 1.55. The maximum absolute atomic E-state index is 11.5. The number of anilines is 1. The molecule has 0 bridgehead atoms. The molecule has 2 N–H and O–H groups in total. The normalized spacial score (nSPS) is 11.3. The Morgan fingerprint density at radius 3 is 2.42 bits per heavy atom. The molecule has 1 aromatic carbocycles. The lowest BCUT2D eigenvalue weighted by atomic mass is 10.1. The number of nitrogens with zero attached hydrogens (tertiary/aromatic N) is 1. The molecule has 0 atom stereocenters. The van der Waals surface area contributed by atoms with Gasteiger partial charge < -0.3 is 0 Å². The summed E-state index contributed by atoms with van der Waals surface area (Å²) in [6.07, 6.45) is 0.992. The Morgan fingerprint density at radius 1 is 1.21 bits per heavy atom. The summed E-state index contributed by atoms with van der Waals surface area (Å²) in [5.74, 6) is -0.0921. The first kappa shape index (κ1) is 13.3. The average molecular weight is 279 g/mol. The summed E-state index contributed by atoms with van der Waals surface area (Å²) in [5, 5.41) is 0. The zero-order chi connectivity index (χ0) is 14.0. The molecule has 0 amide bonds. The minimum atomic E-state index is -3.48. The standard InChI is InChI=1S/C12H13N3O3S/c1-8-3-5-9(6-4-8)10-7-11(16)14-12(13-10)15-19(2,17)18/h3-7H,1-2H3,(H2,13,14,15,16). The smallest absolute Gasteiger partial charge is 0.252 e. The van der Waals surface area contributed by atoms with Crippen LogP contribution < -0.4 is 10.3 Å². The van der Waals surface area contributed by atoms with Crippen molar-refractivity contribution in [2.45, 2.75) is 6.92 Å². The molecular formula is C12H13N3O3S. The maximum atomic E-state index is 11.5. The molecular weight excluding hydrogens is 266 g/mol. The van der Waals surface area contributed by atoms with E-state index in [9.17, 15) is 13.2 Å². The van der Waals surface area contributed by atoms with Crippen LogP contribution in [0.15, 0.2) is 35.1 Å². The number of sulfonamides is 1. The highest BCUT2D eigenvalue weighted by Gasteiger charge is 2.07. The summed E-state index contributed by atoms with van der Waals surface area (Å²) >= 11 is 0. The Balaban J connectivity index is 2.47. The molecule has 0 aliphatic carbocycles. The van der Waals surface area contributed by atoms with Crippen LogP contribution in [0, 0.1) is 6.92 Å². The highest BCUT2D eigenvalue weighted by Crippen LogP contribution is 2.16. The first-order valence-electron chi connectivity index (χ1n) is 5.50. The molecule has 0 aliphatic heterocycles. The Labute approximate surface area is 110 Å². The van der Waals surface area contributed by atoms with Crippen molar-refractivity contribution in [2.75, 3.05) is 11.0 Å². The third-order valence-corrected chi connectivity index (χ3v) is 2.94. The van der Waals surface area contributed by atoms with Gasteiger partial charge in [-0.15, -0.1) is 0 Å². The molecule has 2 aromatic rings. The molecule has 19 heavy (non-hydrogen) atoms. The van der Waals surface area contributed by atoms with E-state index in [1.807, 2.05) is 31.2 Å².